The van der Waals surface area contributed by atoms with E-state index in [-0.39, 0.29) is 0 Å². The Morgan fingerprint density at radius 2 is 1.87 bits per heavy atom. The van der Waals surface area contributed by atoms with Crippen LogP contribution in [0.2, 0.25) is 5.02 Å². The van der Waals surface area contributed by atoms with Crippen molar-refractivity contribution in [3.63, 3.8) is 0 Å². The van der Waals surface area contributed by atoms with Crippen LogP contribution in [0, 0.1) is 5.92 Å². The van der Waals surface area contributed by atoms with Gasteiger partial charge in [0.2, 0.25) is 0 Å². The number of rotatable bonds is 12. The van der Waals surface area contributed by atoms with Crippen molar-refractivity contribution >= 4 is 28.2 Å². The molecule has 31 heavy (non-hydrogen) atoms. The molecule has 0 aliphatic carbocycles. The van der Waals surface area contributed by atoms with Crippen LogP contribution in [0.15, 0.2) is 30.5 Å². The fourth-order valence-corrected chi connectivity index (χ4v) is 5.08. The Morgan fingerprint density at radius 3 is 2.58 bits per heavy atom. The summed E-state index contributed by atoms with van der Waals surface area (Å²) < 4.78 is 0. The Bertz CT molecular complexity index is 788. The summed E-state index contributed by atoms with van der Waals surface area (Å²) in [6.07, 6.45) is 9.97. The number of benzene rings is 1. The van der Waals surface area contributed by atoms with E-state index in [1.54, 1.807) is 0 Å². The van der Waals surface area contributed by atoms with Crippen molar-refractivity contribution in [3.05, 3.63) is 35.5 Å². The maximum atomic E-state index is 6.11. The van der Waals surface area contributed by atoms with Gasteiger partial charge in [0, 0.05) is 67.6 Å². The first-order chi connectivity index (χ1) is 15.1. The summed E-state index contributed by atoms with van der Waals surface area (Å²) in [5.41, 5.74) is 2.09. The van der Waals surface area contributed by atoms with Crippen LogP contribution in [0.25, 0.3) is 10.9 Å². The number of halogens is 1. The van der Waals surface area contributed by atoms with Crippen LogP contribution in [0.3, 0.4) is 0 Å². The lowest BCUT2D eigenvalue weighted by atomic mass is 9.90. The molecule has 0 radical (unpaired) electrons. The minimum Gasteiger partial charge on any atom is -0.383 e. The van der Waals surface area contributed by atoms with Gasteiger partial charge in [-0.15, -0.1) is 0 Å². The van der Waals surface area contributed by atoms with E-state index in [1.807, 2.05) is 18.3 Å². The molecule has 1 aliphatic rings. The van der Waals surface area contributed by atoms with E-state index < -0.39 is 0 Å². The van der Waals surface area contributed by atoms with Crippen molar-refractivity contribution in [2.45, 2.75) is 65.3 Å². The monoisotopic (exact) mass is 444 g/mol. The van der Waals surface area contributed by atoms with Crippen LogP contribution in [0.4, 0.5) is 5.69 Å². The molecule has 2 heterocycles. The van der Waals surface area contributed by atoms with E-state index in [4.69, 9.17) is 11.6 Å². The van der Waals surface area contributed by atoms with Crippen molar-refractivity contribution in [3.8, 4) is 0 Å². The van der Waals surface area contributed by atoms with Gasteiger partial charge in [-0.2, -0.15) is 0 Å². The smallest absolute Gasteiger partial charge is 0.0737 e. The van der Waals surface area contributed by atoms with Crippen LogP contribution < -0.4 is 5.32 Å². The summed E-state index contributed by atoms with van der Waals surface area (Å²) in [5, 5.41) is 5.48. The highest BCUT2D eigenvalue weighted by Gasteiger charge is 2.24. The lowest BCUT2D eigenvalue weighted by Gasteiger charge is -2.40. The van der Waals surface area contributed by atoms with E-state index in [0.717, 1.165) is 46.7 Å². The molecule has 3 rings (SSSR count). The maximum Gasteiger partial charge on any atom is 0.0737 e. The third-order valence-electron chi connectivity index (χ3n) is 6.99. The van der Waals surface area contributed by atoms with Crippen molar-refractivity contribution < 1.29 is 0 Å². The zero-order valence-electron chi connectivity index (χ0n) is 19.7. The van der Waals surface area contributed by atoms with Gasteiger partial charge in [-0.05, 0) is 43.0 Å². The quantitative estimate of drug-likeness (QED) is 0.416. The van der Waals surface area contributed by atoms with Gasteiger partial charge in [0.25, 0.3) is 0 Å². The highest BCUT2D eigenvalue weighted by atomic mass is 35.5. The Balaban J connectivity index is 1.44. The Morgan fingerprint density at radius 1 is 1.06 bits per heavy atom. The number of pyridine rings is 1. The van der Waals surface area contributed by atoms with Gasteiger partial charge in [0.05, 0.1) is 5.52 Å². The summed E-state index contributed by atoms with van der Waals surface area (Å²) >= 11 is 6.11. The van der Waals surface area contributed by atoms with E-state index in [0.29, 0.717) is 0 Å². The average molecular weight is 445 g/mol. The van der Waals surface area contributed by atoms with E-state index >= 15 is 0 Å². The minimum absolute atomic E-state index is 0.732. The number of hydrogen-bond acceptors (Lipinski definition) is 4. The topological polar surface area (TPSA) is 31.4 Å². The lowest BCUT2D eigenvalue weighted by Crippen LogP contribution is -2.51. The predicted octanol–water partition coefficient (Wildman–Crippen LogP) is 6.30. The number of anilines is 1. The number of nitrogens with zero attached hydrogens (tertiary/aromatic N) is 3. The highest BCUT2D eigenvalue weighted by Crippen LogP contribution is 2.25. The molecule has 1 N–H and O–H groups in total. The van der Waals surface area contributed by atoms with Crippen LogP contribution in [0.1, 0.15) is 59.3 Å². The van der Waals surface area contributed by atoms with Crippen molar-refractivity contribution in [2.24, 2.45) is 5.92 Å². The fraction of sp³-hybridized carbons (Fsp3) is 0.654. The maximum absolute atomic E-state index is 6.11. The zero-order chi connectivity index (χ0) is 22.1. The molecule has 2 unspecified atom stereocenters. The molecule has 172 valence electrons. The number of aromatic nitrogens is 1. The largest absolute Gasteiger partial charge is 0.383 e. The van der Waals surface area contributed by atoms with E-state index in [2.05, 4.69) is 53.0 Å². The minimum atomic E-state index is 0.732. The van der Waals surface area contributed by atoms with Gasteiger partial charge in [0.1, 0.15) is 0 Å². The molecular weight excluding hydrogens is 404 g/mol. The summed E-state index contributed by atoms with van der Waals surface area (Å²) in [6, 6.07) is 8.74. The molecule has 2 aromatic rings. The molecule has 0 spiro atoms. The van der Waals surface area contributed by atoms with Gasteiger partial charge in [-0.1, -0.05) is 58.1 Å². The second-order valence-corrected chi connectivity index (χ2v) is 9.48. The van der Waals surface area contributed by atoms with Crippen molar-refractivity contribution in [1.29, 1.82) is 0 Å². The van der Waals surface area contributed by atoms with Crippen LogP contribution in [-0.4, -0.2) is 60.1 Å². The molecule has 1 fully saturated rings. The third kappa shape index (κ3) is 7.06. The van der Waals surface area contributed by atoms with Gasteiger partial charge in [-0.3, -0.25) is 14.8 Å². The molecule has 1 aromatic heterocycles. The van der Waals surface area contributed by atoms with E-state index in [9.17, 15) is 0 Å². The zero-order valence-corrected chi connectivity index (χ0v) is 20.5. The van der Waals surface area contributed by atoms with Gasteiger partial charge in [-0.25, -0.2) is 0 Å². The second kappa shape index (κ2) is 12.6. The number of unbranched alkanes of at least 4 members (excludes halogenated alkanes) is 1. The van der Waals surface area contributed by atoms with Gasteiger partial charge >= 0.3 is 0 Å². The first-order valence-corrected chi connectivity index (χ1v) is 12.8. The molecule has 1 aliphatic heterocycles. The molecule has 0 amide bonds. The summed E-state index contributed by atoms with van der Waals surface area (Å²) in [4.78, 5) is 9.80. The number of fused-ring (bicyclic) bond motifs is 1. The Hall–Kier alpha value is -1.36. The predicted molar refractivity (Wildman–Crippen MR) is 135 cm³/mol. The third-order valence-corrected chi connectivity index (χ3v) is 7.23. The summed E-state index contributed by atoms with van der Waals surface area (Å²) in [5.74, 6) is 0.900. The molecule has 1 aromatic carbocycles. The van der Waals surface area contributed by atoms with E-state index in [1.165, 1.54) is 64.7 Å². The van der Waals surface area contributed by atoms with Crippen LogP contribution in [-0.2, 0) is 0 Å². The SMILES string of the molecule is CCCCC(CC)CC(CC)N1CCN(CCNc2ccnc3cc(Cl)ccc23)CC1. The highest BCUT2D eigenvalue weighted by molar-refractivity contribution is 6.31. The van der Waals surface area contributed by atoms with Crippen LogP contribution >= 0.6 is 11.6 Å². The first-order valence-electron chi connectivity index (χ1n) is 12.4. The van der Waals surface area contributed by atoms with Gasteiger partial charge < -0.3 is 5.32 Å². The Kier molecular flexibility index (Phi) is 9.89. The molecule has 1 saturated heterocycles. The molecule has 0 bridgehead atoms. The molecule has 4 nitrogen and oxygen atoms in total. The van der Waals surface area contributed by atoms with Crippen molar-refractivity contribution in [1.82, 2.24) is 14.8 Å². The molecule has 0 saturated carbocycles. The molecule has 5 heteroatoms. The number of nitrogens with one attached hydrogen (secondary N) is 1. The lowest BCUT2D eigenvalue weighted by molar-refractivity contribution is 0.0830. The number of hydrogen-bond donors (Lipinski definition) is 1. The van der Waals surface area contributed by atoms with Gasteiger partial charge in [0.15, 0.2) is 0 Å². The molecule has 2 atom stereocenters. The van der Waals surface area contributed by atoms with Crippen LogP contribution in [0.5, 0.6) is 0 Å². The van der Waals surface area contributed by atoms with Crippen molar-refractivity contribution in [2.75, 3.05) is 44.6 Å². The molecular formula is C26H41ClN4. The Labute approximate surface area is 194 Å². The fourth-order valence-electron chi connectivity index (χ4n) is 4.92. The normalized spacial score (nSPS) is 17.7. The standard InChI is InChI=1S/C26H41ClN4/c1-4-7-8-21(5-2)19-23(6-3)31-17-15-30(16-18-31)14-13-29-25-11-12-28-26-20-22(27)9-10-24(25)26/h9-12,20-21,23H,4-8,13-19H2,1-3H3,(H,28,29). The summed E-state index contributed by atoms with van der Waals surface area (Å²) in [7, 11) is 0. The summed E-state index contributed by atoms with van der Waals surface area (Å²) in [6.45, 7) is 13.9. The second-order valence-electron chi connectivity index (χ2n) is 9.04. The first kappa shape index (κ1) is 24.3. The average Bonchev–Trinajstić information content (AvgIpc) is 2.80. The number of piperazine rings is 1.